The van der Waals surface area contributed by atoms with Crippen LogP contribution < -0.4 is 5.32 Å². The van der Waals surface area contributed by atoms with Crippen LogP contribution in [0.5, 0.6) is 0 Å². The van der Waals surface area contributed by atoms with Crippen LogP contribution in [0.15, 0.2) is 41.3 Å². The minimum absolute atomic E-state index is 0.202. The Morgan fingerprint density at radius 2 is 1.81 bits per heavy atom. The van der Waals surface area contributed by atoms with Crippen molar-refractivity contribution in [3.05, 3.63) is 51.2 Å². The van der Waals surface area contributed by atoms with Crippen molar-refractivity contribution in [2.75, 3.05) is 6.26 Å². The maximum absolute atomic E-state index is 12.0. The summed E-state index contributed by atoms with van der Waals surface area (Å²) in [5, 5.41) is 2.85. The van der Waals surface area contributed by atoms with Gasteiger partial charge in [0.25, 0.3) is 5.91 Å². The van der Waals surface area contributed by atoms with Crippen LogP contribution in [0.1, 0.15) is 28.2 Å². The molecule has 0 saturated heterocycles. The summed E-state index contributed by atoms with van der Waals surface area (Å²) in [5.74, 6) is -0.202. The molecule has 0 aliphatic carbocycles. The molecule has 0 unspecified atom stereocenters. The molecule has 112 valence electrons. The minimum atomic E-state index is -3.21. The Labute approximate surface area is 132 Å². The van der Waals surface area contributed by atoms with Crippen molar-refractivity contribution in [2.45, 2.75) is 17.9 Å². The molecule has 0 bridgehead atoms. The second kappa shape index (κ2) is 6.17. The fourth-order valence-corrected chi connectivity index (χ4v) is 3.37. The highest BCUT2D eigenvalue weighted by Gasteiger charge is 2.14. The molecule has 0 fully saturated rings. The van der Waals surface area contributed by atoms with Gasteiger partial charge in [-0.25, -0.2) is 8.42 Å². The summed E-state index contributed by atoms with van der Waals surface area (Å²) < 4.78 is 23.4. The normalized spacial score (nSPS) is 12.9. The summed E-state index contributed by atoms with van der Waals surface area (Å²) in [6, 6.07) is 9.58. The van der Waals surface area contributed by atoms with Gasteiger partial charge < -0.3 is 5.32 Å². The fraction of sp³-hybridized carbons (Fsp3) is 0.214. The molecule has 7 heteroatoms. The summed E-state index contributed by atoms with van der Waals surface area (Å²) in [4.78, 5) is 12.8. The van der Waals surface area contributed by atoms with E-state index in [1.54, 1.807) is 24.3 Å². The van der Waals surface area contributed by atoms with Gasteiger partial charge in [-0.15, -0.1) is 11.3 Å². The van der Waals surface area contributed by atoms with Gasteiger partial charge in [0, 0.05) is 6.26 Å². The predicted octanol–water partition coefficient (Wildman–Crippen LogP) is 3.30. The van der Waals surface area contributed by atoms with Crippen LogP contribution in [-0.4, -0.2) is 20.6 Å². The van der Waals surface area contributed by atoms with Crippen molar-refractivity contribution in [1.29, 1.82) is 0 Å². The molecule has 0 aliphatic heterocycles. The first-order valence-electron chi connectivity index (χ1n) is 6.13. The van der Waals surface area contributed by atoms with E-state index in [0.29, 0.717) is 9.21 Å². The maximum atomic E-state index is 12.0. The van der Waals surface area contributed by atoms with Crippen LogP contribution in [0.4, 0.5) is 0 Å². The zero-order valence-corrected chi connectivity index (χ0v) is 13.8. The van der Waals surface area contributed by atoms with E-state index < -0.39 is 9.84 Å². The zero-order valence-electron chi connectivity index (χ0n) is 11.5. The van der Waals surface area contributed by atoms with Gasteiger partial charge in [-0.05, 0) is 36.8 Å². The number of hydrogen-bond acceptors (Lipinski definition) is 4. The van der Waals surface area contributed by atoms with Crippen LogP contribution in [-0.2, 0) is 9.84 Å². The molecular weight excluding hydrogens is 330 g/mol. The third kappa shape index (κ3) is 4.06. The van der Waals surface area contributed by atoms with Crippen LogP contribution in [0.25, 0.3) is 0 Å². The summed E-state index contributed by atoms with van der Waals surface area (Å²) in [6.07, 6.45) is 1.16. The maximum Gasteiger partial charge on any atom is 0.261 e. The van der Waals surface area contributed by atoms with Gasteiger partial charge in [-0.3, -0.25) is 4.79 Å². The van der Waals surface area contributed by atoms with Crippen molar-refractivity contribution in [1.82, 2.24) is 5.32 Å². The Morgan fingerprint density at radius 3 is 2.29 bits per heavy atom. The van der Waals surface area contributed by atoms with Crippen molar-refractivity contribution < 1.29 is 13.2 Å². The molecule has 1 aromatic heterocycles. The van der Waals surface area contributed by atoms with Gasteiger partial charge in [0.1, 0.15) is 0 Å². The quantitative estimate of drug-likeness (QED) is 0.926. The van der Waals surface area contributed by atoms with Crippen molar-refractivity contribution >= 4 is 38.7 Å². The lowest BCUT2D eigenvalue weighted by atomic mass is 10.1. The number of carbonyl (C=O) groups excluding carboxylic acids is 1. The molecule has 0 radical (unpaired) electrons. The summed E-state index contributed by atoms with van der Waals surface area (Å²) in [5.41, 5.74) is 0.832. The number of nitrogens with one attached hydrogen (secondary N) is 1. The lowest BCUT2D eigenvalue weighted by molar-refractivity contribution is 0.0944. The molecule has 0 aliphatic rings. The standard InChI is InChI=1S/C14H14ClNO3S2/c1-9(16-14(17)12-7-8-13(15)20-12)10-3-5-11(6-4-10)21(2,18)19/h3-9H,1-2H3,(H,16,17)/t9-/m0/s1. The molecule has 21 heavy (non-hydrogen) atoms. The number of thiophene rings is 1. The van der Waals surface area contributed by atoms with E-state index in [2.05, 4.69) is 5.32 Å². The van der Waals surface area contributed by atoms with Gasteiger partial charge in [0.2, 0.25) is 0 Å². The summed E-state index contributed by atoms with van der Waals surface area (Å²) in [6.45, 7) is 1.84. The number of amides is 1. The van der Waals surface area contributed by atoms with Gasteiger partial charge in [-0.2, -0.15) is 0 Å². The smallest absolute Gasteiger partial charge is 0.261 e. The summed E-state index contributed by atoms with van der Waals surface area (Å²) >= 11 is 7.01. The Hall–Kier alpha value is -1.37. The van der Waals surface area contributed by atoms with Crippen molar-refractivity contribution in [2.24, 2.45) is 0 Å². The van der Waals surface area contributed by atoms with Gasteiger partial charge in [0.05, 0.1) is 20.2 Å². The van der Waals surface area contributed by atoms with E-state index in [1.165, 1.54) is 23.5 Å². The third-order valence-corrected chi connectivity index (χ3v) is 5.31. The van der Waals surface area contributed by atoms with Crippen LogP contribution in [0.3, 0.4) is 0 Å². The molecule has 4 nitrogen and oxygen atoms in total. The predicted molar refractivity (Wildman–Crippen MR) is 84.8 cm³/mol. The molecule has 2 aromatic rings. The lowest BCUT2D eigenvalue weighted by Gasteiger charge is -2.14. The number of rotatable bonds is 4. The lowest BCUT2D eigenvalue weighted by Crippen LogP contribution is -2.25. The molecule has 1 atom stereocenters. The zero-order chi connectivity index (χ0) is 15.6. The SMILES string of the molecule is C[C@H](NC(=O)c1ccc(Cl)s1)c1ccc(S(C)(=O)=O)cc1. The monoisotopic (exact) mass is 343 g/mol. The first kappa shape index (κ1) is 16.0. The number of hydrogen-bond donors (Lipinski definition) is 1. The number of sulfone groups is 1. The van der Waals surface area contributed by atoms with Gasteiger partial charge in [-0.1, -0.05) is 23.7 Å². The molecule has 1 aromatic carbocycles. The Balaban J connectivity index is 2.10. The number of carbonyl (C=O) groups is 1. The molecular formula is C14H14ClNO3S2. The molecule has 2 rings (SSSR count). The molecule has 1 heterocycles. The number of halogens is 1. The molecule has 1 amide bonds. The van der Waals surface area contributed by atoms with Crippen molar-refractivity contribution in [3.63, 3.8) is 0 Å². The second-order valence-corrected chi connectivity index (χ2v) is 8.37. The third-order valence-electron chi connectivity index (χ3n) is 2.95. The highest BCUT2D eigenvalue weighted by Crippen LogP contribution is 2.22. The first-order chi connectivity index (χ1) is 9.77. The Morgan fingerprint density at radius 1 is 1.19 bits per heavy atom. The van der Waals surface area contributed by atoms with Crippen LogP contribution >= 0.6 is 22.9 Å². The van der Waals surface area contributed by atoms with Crippen LogP contribution in [0.2, 0.25) is 4.34 Å². The average molecular weight is 344 g/mol. The number of benzene rings is 1. The Bertz CT molecular complexity index is 751. The minimum Gasteiger partial charge on any atom is -0.345 e. The Kier molecular flexibility index (Phi) is 4.70. The van der Waals surface area contributed by atoms with Crippen molar-refractivity contribution in [3.8, 4) is 0 Å². The molecule has 0 saturated carbocycles. The summed E-state index contributed by atoms with van der Waals surface area (Å²) in [7, 11) is -3.21. The molecule has 0 spiro atoms. The highest BCUT2D eigenvalue weighted by molar-refractivity contribution is 7.90. The second-order valence-electron chi connectivity index (χ2n) is 4.64. The first-order valence-corrected chi connectivity index (χ1v) is 9.22. The van der Waals surface area contributed by atoms with Crippen LogP contribution in [0, 0.1) is 0 Å². The molecule has 1 N–H and O–H groups in total. The van der Waals surface area contributed by atoms with E-state index >= 15 is 0 Å². The van der Waals surface area contributed by atoms with E-state index in [-0.39, 0.29) is 16.8 Å². The average Bonchev–Trinajstić information content (AvgIpc) is 2.84. The fourth-order valence-electron chi connectivity index (χ4n) is 1.79. The van der Waals surface area contributed by atoms with Gasteiger partial charge >= 0.3 is 0 Å². The topological polar surface area (TPSA) is 63.2 Å². The largest absolute Gasteiger partial charge is 0.345 e. The van der Waals surface area contributed by atoms with E-state index in [4.69, 9.17) is 11.6 Å². The van der Waals surface area contributed by atoms with E-state index in [1.807, 2.05) is 6.92 Å². The highest BCUT2D eigenvalue weighted by atomic mass is 35.5. The van der Waals surface area contributed by atoms with Gasteiger partial charge in [0.15, 0.2) is 9.84 Å². The van der Waals surface area contributed by atoms with E-state index in [9.17, 15) is 13.2 Å². The van der Waals surface area contributed by atoms with E-state index in [0.717, 1.165) is 11.8 Å².